The van der Waals surface area contributed by atoms with Crippen LogP contribution in [-0.4, -0.2) is 24.5 Å². The number of amides is 1. The molecule has 0 aliphatic carbocycles. The molecule has 38 heavy (non-hydrogen) atoms. The fourth-order valence-corrected chi connectivity index (χ4v) is 5.12. The molecule has 0 saturated heterocycles. The summed E-state index contributed by atoms with van der Waals surface area (Å²) in [6, 6.07) is 23.2. The zero-order chi connectivity index (χ0) is 27.1. The lowest BCUT2D eigenvalue weighted by atomic mass is 10.1. The molecule has 4 aromatic rings. The van der Waals surface area contributed by atoms with Gasteiger partial charge in [0.25, 0.3) is 0 Å². The van der Waals surface area contributed by atoms with Crippen molar-refractivity contribution in [1.82, 2.24) is 14.9 Å². The van der Waals surface area contributed by atoms with Crippen LogP contribution in [0.5, 0.6) is 0 Å². The van der Waals surface area contributed by atoms with Gasteiger partial charge in [-0.05, 0) is 54.3 Å². The number of sulfonamides is 1. The topological polar surface area (TPSA) is 114 Å². The fraction of sp³-hybridized carbons (Fsp3) is 0.276. The summed E-state index contributed by atoms with van der Waals surface area (Å²) >= 11 is 0. The summed E-state index contributed by atoms with van der Waals surface area (Å²) in [6.45, 7) is 5.81. The first-order valence-electron chi connectivity index (χ1n) is 12.6. The number of hydrogen-bond donors (Lipinski definition) is 2. The molecular weight excluding hydrogens is 500 g/mol. The molecule has 198 valence electrons. The van der Waals surface area contributed by atoms with Crippen molar-refractivity contribution < 1.29 is 17.7 Å². The first kappa shape index (κ1) is 27.2. The van der Waals surface area contributed by atoms with Crippen molar-refractivity contribution in [2.24, 2.45) is 0 Å². The van der Waals surface area contributed by atoms with Gasteiger partial charge in [0.2, 0.25) is 21.8 Å². The maximum Gasteiger partial charge on any atom is 0.241 e. The zero-order valence-electron chi connectivity index (χ0n) is 21.7. The van der Waals surface area contributed by atoms with Crippen LogP contribution in [0.4, 0.5) is 5.69 Å². The first-order valence-corrected chi connectivity index (χ1v) is 14.1. The first-order chi connectivity index (χ1) is 18.2. The van der Waals surface area contributed by atoms with Gasteiger partial charge in [-0.25, -0.2) is 13.1 Å². The summed E-state index contributed by atoms with van der Waals surface area (Å²) in [5.41, 5.74) is 3.49. The number of carbonyl (C=O) groups excluding carboxylic acids is 1. The average Bonchev–Trinajstić information content (AvgIpc) is 3.38. The van der Waals surface area contributed by atoms with E-state index in [1.54, 1.807) is 24.3 Å². The Hall–Kier alpha value is -3.82. The van der Waals surface area contributed by atoms with Gasteiger partial charge in [0.05, 0.1) is 4.90 Å². The molecule has 8 nitrogen and oxygen atoms in total. The number of benzene rings is 3. The highest BCUT2D eigenvalue weighted by Crippen LogP contribution is 2.19. The summed E-state index contributed by atoms with van der Waals surface area (Å²) < 4.78 is 33.5. The van der Waals surface area contributed by atoms with Crippen molar-refractivity contribution in [2.45, 2.75) is 56.9 Å². The monoisotopic (exact) mass is 532 g/mol. The average molecular weight is 533 g/mol. The minimum atomic E-state index is -3.67. The Morgan fingerprint density at radius 2 is 1.55 bits per heavy atom. The minimum absolute atomic E-state index is 0.118. The third kappa shape index (κ3) is 7.36. The molecule has 1 aromatic heterocycles. The molecule has 2 N–H and O–H groups in total. The predicted molar refractivity (Wildman–Crippen MR) is 146 cm³/mol. The molecule has 0 aliphatic heterocycles. The van der Waals surface area contributed by atoms with Crippen molar-refractivity contribution in [3.05, 3.63) is 107 Å². The van der Waals surface area contributed by atoms with Crippen molar-refractivity contribution >= 4 is 21.6 Å². The lowest BCUT2D eigenvalue weighted by Gasteiger charge is -2.15. The van der Waals surface area contributed by atoms with E-state index in [2.05, 4.69) is 20.2 Å². The smallest absolute Gasteiger partial charge is 0.241 e. The number of nitrogens with one attached hydrogen (secondary N) is 2. The van der Waals surface area contributed by atoms with Crippen molar-refractivity contribution in [3.8, 4) is 0 Å². The maximum atomic E-state index is 12.8. The number of hydrogen-bond acceptors (Lipinski definition) is 6. The quantitative estimate of drug-likeness (QED) is 0.268. The molecular formula is C29H32N4O4S. The Balaban J connectivity index is 1.26. The summed E-state index contributed by atoms with van der Waals surface area (Å²) in [6.07, 6.45) is 1.32. The minimum Gasteiger partial charge on any atom is -0.339 e. The van der Waals surface area contributed by atoms with Crippen LogP contribution in [0.2, 0.25) is 0 Å². The number of rotatable bonds is 11. The Kier molecular flexibility index (Phi) is 8.70. The summed E-state index contributed by atoms with van der Waals surface area (Å²) in [4.78, 5) is 17.0. The molecule has 0 fully saturated rings. The van der Waals surface area contributed by atoms with Crippen molar-refractivity contribution in [3.63, 3.8) is 0 Å². The standard InChI is InChI=1S/C29H32N4O4S/c1-20(2)29-31-27(32-37-29)19-23-9-14-25(15-10-23)30-28(34)18-13-22-11-16-26(17-12-22)38(35,36)33-21(3)24-7-5-4-6-8-24/h4-12,14-17,20-21,33H,13,18-19H2,1-3H3,(H,30,34)/t21-/m0/s1. The van der Waals surface area contributed by atoms with Crippen molar-refractivity contribution in [2.75, 3.05) is 5.32 Å². The van der Waals surface area contributed by atoms with E-state index in [1.807, 2.05) is 75.4 Å². The van der Waals surface area contributed by atoms with Gasteiger partial charge in [-0.2, -0.15) is 4.98 Å². The summed E-state index contributed by atoms with van der Waals surface area (Å²) in [7, 11) is -3.67. The number of aromatic nitrogens is 2. The Labute approximate surface area is 223 Å². The van der Waals surface area contributed by atoms with Crippen LogP contribution in [0.3, 0.4) is 0 Å². The van der Waals surface area contributed by atoms with Gasteiger partial charge >= 0.3 is 0 Å². The van der Waals surface area contributed by atoms with E-state index in [-0.39, 0.29) is 29.2 Å². The van der Waals surface area contributed by atoms with Crippen molar-refractivity contribution in [1.29, 1.82) is 0 Å². The zero-order valence-corrected chi connectivity index (χ0v) is 22.5. The molecule has 9 heteroatoms. The molecule has 4 rings (SSSR count). The van der Waals surface area contributed by atoms with Gasteiger partial charge in [-0.1, -0.05) is 73.6 Å². The highest BCUT2D eigenvalue weighted by atomic mass is 32.2. The van der Waals surface area contributed by atoms with Gasteiger partial charge in [0, 0.05) is 30.5 Å². The lowest BCUT2D eigenvalue weighted by molar-refractivity contribution is -0.116. The van der Waals surface area contributed by atoms with Crippen LogP contribution < -0.4 is 10.0 Å². The molecule has 1 atom stereocenters. The SMILES string of the molecule is CC(C)c1nc(Cc2ccc(NC(=O)CCc3ccc(S(=O)(=O)N[C@@H](C)c4ccccc4)cc3)cc2)no1. The normalized spacial score (nSPS) is 12.4. The number of aryl methyl sites for hydroxylation is 1. The van der Waals surface area contributed by atoms with Gasteiger partial charge in [0.1, 0.15) is 0 Å². The highest BCUT2D eigenvalue weighted by Gasteiger charge is 2.18. The molecule has 0 unspecified atom stereocenters. The second kappa shape index (κ2) is 12.1. The van der Waals surface area contributed by atoms with Gasteiger partial charge in [0.15, 0.2) is 5.82 Å². The molecule has 0 spiro atoms. The van der Waals surface area contributed by atoms with E-state index >= 15 is 0 Å². The van der Waals surface area contributed by atoms with E-state index in [0.717, 1.165) is 16.7 Å². The number of anilines is 1. The van der Waals surface area contributed by atoms with Crippen LogP contribution in [0.25, 0.3) is 0 Å². The third-order valence-corrected chi connectivity index (χ3v) is 7.64. The molecule has 0 aliphatic rings. The second-order valence-corrected chi connectivity index (χ2v) is 11.2. The van der Waals surface area contributed by atoms with Crippen LogP contribution in [0, 0.1) is 0 Å². The van der Waals surface area contributed by atoms with E-state index in [0.29, 0.717) is 30.2 Å². The summed E-state index contributed by atoms with van der Waals surface area (Å²) in [5, 5.41) is 6.91. The maximum absolute atomic E-state index is 12.8. The number of carbonyl (C=O) groups is 1. The van der Waals surface area contributed by atoms with Crippen LogP contribution in [0.1, 0.15) is 67.6 Å². The molecule has 0 radical (unpaired) electrons. The molecule has 0 saturated carbocycles. The van der Waals surface area contributed by atoms with Gasteiger partial charge in [-0.3, -0.25) is 4.79 Å². The van der Waals surface area contributed by atoms with Crippen LogP contribution in [0.15, 0.2) is 88.3 Å². The molecule has 1 amide bonds. The molecule has 1 heterocycles. The Bertz CT molecular complexity index is 1450. The Morgan fingerprint density at radius 1 is 0.895 bits per heavy atom. The number of nitrogens with zero attached hydrogens (tertiary/aromatic N) is 2. The van der Waals surface area contributed by atoms with Crippen LogP contribution in [-0.2, 0) is 27.7 Å². The fourth-order valence-electron chi connectivity index (χ4n) is 3.89. The van der Waals surface area contributed by atoms with E-state index in [1.165, 1.54) is 0 Å². The van der Waals surface area contributed by atoms with Gasteiger partial charge in [-0.15, -0.1) is 0 Å². The van der Waals surface area contributed by atoms with E-state index < -0.39 is 10.0 Å². The third-order valence-electron chi connectivity index (χ3n) is 6.08. The molecule has 3 aromatic carbocycles. The molecule has 0 bridgehead atoms. The highest BCUT2D eigenvalue weighted by molar-refractivity contribution is 7.89. The Morgan fingerprint density at radius 3 is 2.18 bits per heavy atom. The van der Waals surface area contributed by atoms with Crippen LogP contribution >= 0.6 is 0 Å². The van der Waals surface area contributed by atoms with E-state index in [4.69, 9.17) is 4.52 Å². The largest absolute Gasteiger partial charge is 0.339 e. The lowest BCUT2D eigenvalue weighted by Crippen LogP contribution is -2.26. The summed E-state index contributed by atoms with van der Waals surface area (Å²) in [5.74, 6) is 1.32. The second-order valence-electron chi connectivity index (χ2n) is 9.52. The van der Waals surface area contributed by atoms with E-state index in [9.17, 15) is 13.2 Å². The van der Waals surface area contributed by atoms with Gasteiger partial charge < -0.3 is 9.84 Å². The predicted octanol–water partition coefficient (Wildman–Crippen LogP) is 5.39.